The summed E-state index contributed by atoms with van der Waals surface area (Å²) in [4.78, 5) is 0. The van der Waals surface area contributed by atoms with E-state index in [-0.39, 0.29) is 0 Å². The van der Waals surface area contributed by atoms with Gasteiger partial charge in [-0.15, -0.1) is 0 Å². The van der Waals surface area contributed by atoms with Crippen molar-refractivity contribution in [2.24, 2.45) is 34.3 Å². The highest BCUT2D eigenvalue weighted by Gasteiger charge is 2.39. The summed E-state index contributed by atoms with van der Waals surface area (Å²) < 4.78 is 0. The Kier molecular flexibility index (Phi) is 5.99. The lowest BCUT2D eigenvalue weighted by Gasteiger charge is -2.45. The summed E-state index contributed by atoms with van der Waals surface area (Å²) in [5.41, 5.74) is 7.55. The molecule has 1 saturated heterocycles. The molecule has 2 heteroatoms. The first kappa shape index (κ1) is 18.3. The van der Waals surface area contributed by atoms with Gasteiger partial charge in [0.2, 0.25) is 0 Å². The molecule has 1 aliphatic carbocycles. The molecule has 0 radical (unpaired) electrons. The highest BCUT2D eigenvalue weighted by molar-refractivity contribution is 4.93. The lowest BCUT2D eigenvalue weighted by molar-refractivity contribution is 0.0775. The van der Waals surface area contributed by atoms with Crippen LogP contribution < -0.4 is 11.1 Å². The summed E-state index contributed by atoms with van der Waals surface area (Å²) in [6.07, 6.45) is 9.50. The second kappa shape index (κ2) is 7.21. The van der Waals surface area contributed by atoms with Gasteiger partial charge in [-0.05, 0) is 80.2 Å². The van der Waals surface area contributed by atoms with Gasteiger partial charge in [0.25, 0.3) is 0 Å². The zero-order chi connectivity index (χ0) is 16.4. The van der Waals surface area contributed by atoms with Crippen LogP contribution in [0.3, 0.4) is 0 Å². The van der Waals surface area contributed by atoms with Crippen LogP contribution in [0.15, 0.2) is 0 Å². The first-order valence-corrected chi connectivity index (χ1v) is 9.65. The zero-order valence-corrected chi connectivity index (χ0v) is 15.8. The molecule has 1 unspecified atom stereocenters. The molecular weight excluding hydrogens is 268 g/mol. The minimum absolute atomic E-state index is 0.358. The Balaban J connectivity index is 1.92. The Morgan fingerprint density at radius 1 is 0.909 bits per heavy atom. The molecule has 0 amide bonds. The van der Waals surface area contributed by atoms with E-state index >= 15 is 0 Å². The number of nitrogens with one attached hydrogen (secondary N) is 1. The second-order valence-electron chi connectivity index (χ2n) is 10.0. The molecule has 0 aromatic rings. The third-order valence-corrected chi connectivity index (χ3v) is 6.33. The van der Waals surface area contributed by atoms with Crippen molar-refractivity contribution in [1.82, 2.24) is 5.32 Å². The fourth-order valence-corrected chi connectivity index (χ4v) is 5.22. The molecule has 0 aromatic carbocycles. The Hall–Kier alpha value is -0.0800. The summed E-state index contributed by atoms with van der Waals surface area (Å²) >= 11 is 0. The van der Waals surface area contributed by atoms with E-state index in [1.807, 2.05) is 0 Å². The highest BCUT2D eigenvalue weighted by Crippen LogP contribution is 2.45. The maximum absolute atomic E-state index is 6.74. The predicted molar refractivity (Wildman–Crippen MR) is 96.9 cm³/mol. The van der Waals surface area contributed by atoms with Crippen LogP contribution in [0.5, 0.6) is 0 Å². The Morgan fingerprint density at radius 3 is 2.14 bits per heavy atom. The van der Waals surface area contributed by atoms with Gasteiger partial charge in [-0.3, -0.25) is 0 Å². The Morgan fingerprint density at radius 2 is 1.55 bits per heavy atom. The van der Waals surface area contributed by atoms with Crippen LogP contribution in [0.1, 0.15) is 79.6 Å². The second-order valence-corrected chi connectivity index (χ2v) is 10.0. The molecule has 3 atom stereocenters. The first-order valence-electron chi connectivity index (χ1n) is 9.65. The van der Waals surface area contributed by atoms with Gasteiger partial charge in [0.15, 0.2) is 0 Å². The Bertz CT molecular complexity index is 336. The van der Waals surface area contributed by atoms with Crippen molar-refractivity contribution in [2.75, 3.05) is 13.1 Å². The fourth-order valence-electron chi connectivity index (χ4n) is 5.22. The molecule has 3 N–H and O–H groups in total. The molecule has 0 spiro atoms. The zero-order valence-electron chi connectivity index (χ0n) is 15.8. The van der Waals surface area contributed by atoms with Gasteiger partial charge in [0.05, 0.1) is 0 Å². The van der Waals surface area contributed by atoms with Gasteiger partial charge in [-0.1, -0.05) is 41.0 Å². The molecule has 0 bridgehead atoms. The molecule has 1 saturated carbocycles. The maximum atomic E-state index is 6.74. The molecule has 2 rings (SSSR count). The van der Waals surface area contributed by atoms with Crippen molar-refractivity contribution in [3.63, 3.8) is 0 Å². The van der Waals surface area contributed by atoms with Crippen molar-refractivity contribution in [1.29, 1.82) is 0 Å². The Labute approximate surface area is 139 Å². The predicted octanol–water partition coefficient (Wildman–Crippen LogP) is 4.58. The summed E-state index contributed by atoms with van der Waals surface area (Å²) in [7, 11) is 0. The van der Waals surface area contributed by atoms with Crippen LogP contribution in [-0.4, -0.2) is 19.1 Å². The molecule has 130 valence electrons. The van der Waals surface area contributed by atoms with E-state index < -0.39 is 0 Å². The monoisotopic (exact) mass is 308 g/mol. The minimum atomic E-state index is 0.358. The largest absolute Gasteiger partial charge is 0.327 e. The highest BCUT2D eigenvalue weighted by atomic mass is 14.9. The number of nitrogens with two attached hydrogens (primary N) is 1. The molecular formula is C20H40N2. The van der Waals surface area contributed by atoms with Gasteiger partial charge < -0.3 is 11.1 Å². The summed E-state index contributed by atoms with van der Waals surface area (Å²) in [5.74, 6) is 2.35. The molecule has 2 fully saturated rings. The van der Waals surface area contributed by atoms with Crippen molar-refractivity contribution < 1.29 is 0 Å². The number of hydrogen-bond donors (Lipinski definition) is 2. The van der Waals surface area contributed by atoms with E-state index in [1.165, 1.54) is 58.0 Å². The third kappa shape index (κ3) is 4.96. The quantitative estimate of drug-likeness (QED) is 0.797. The van der Waals surface area contributed by atoms with Gasteiger partial charge in [0.1, 0.15) is 0 Å². The van der Waals surface area contributed by atoms with E-state index in [0.717, 1.165) is 11.8 Å². The van der Waals surface area contributed by atoms with Gasteiger partial charge >= 0.3 is 0 Å². The van der Waals surface area contributed by atoms with E-state index in [9.17, 15) is 0 Å². The van der Waals surface area contributed by atoms with E-state index in [0.29, 0.717) is 22.8 Å². The topological polar surface area (TPSA) is 38.0 Å². The van der Waals surface area contributed by atoms with Crippen molar-refractivity contribution in [2.45, 2.75) is 85.6 Å². The van der Waals surface area contributed by atoms with Crippen LogP contribution in [0.2, 0.25) is 0 Å². The van der Waals surface area contributed by atoms with Crippen molar-refractivity contribution >= 4 is 0 Å². The van der Waals surface area contributed by atoms with E-state index in [1.54, 1.807) is 0 Å². The summed E-state index contributed by atoms with van der Waals surface area (Å²) in [6.45, 7) is 14.5. The molecule has 1 heterocycles. The fraction of sp³-hybridized carbons (Fsp3) is 1.00. The molecule has 22 heavy (non-hydrogen) atoms. The average molecular weight is 309 g/mol. The average Bonchev–Trinajstić information content (AvgIpc) is 2.40. The maximum Gasteiger partial charge on any atom is 0.0101 e. The normalized spacial score (nSPS) is 32.2. The van der Waals surface area contributed by atoms with Crippen LogP contribution in [0, 0.1) is 28.6 Å². The number of piperidine rings is 1. The lowest BCUT2D eigenvalue weighted by Crippen LogP contribution is -2.47. The molecule has 1 aliphatic heterocycles. The van der Waals surface area contributed by atoms with Gasteiger partial charge in [-0.25, -0.2) is 0 Å². The first-order chi connectivity index (χ1) is 10.2. The van der Waals surface area contributed by atoms with Crippen molar-refractivity contribution in [3.8, 4) is 0 Å². The van der Waals surface area contributed by atoms with E-state index in [4.69, 9.17) is 5.73 Å². The van der Waals surface area contributed by atoms with E-state index in [2.05, 4.69) is 39.9 Å². The molecule has 2 aliphatic rings. The van der Waals surface area contributed by atoms with Crippen LogP contribution in [0.25, 0.3) is 0 Å². The lowest BCUT2D eigenvalue weighted by atomic mass is 9.62. The molecule has 2 nitrogen and oxygen atoms in total. The summed E-state index contributed by atoms with van der Waals surface area (Å²) in [5, 5.41) is 3.49. The number of rotatable bonds is 4. The standard InChI is InChI=1S/C20H40N2/c1-19(2,3)17-8-6-7-16(18(17)21)14-20(4,5)13-15-9-11-22-12-10-15/h15-18,22H,6-14,21H2,1-5H3/t16?,17-,18-/m0/s1. The minimum Gasteiger partial charge on any atom is -0.327 e. The summed E-state index contributed by atoms with van der Waals surface area (Å²) in [6, 6.07) is 0.404. The smallest absolute Gasteiger partial charge is 0.0101 e. The van der Waals surface area contributed by atoms with Gasteiger partial charge in [-0.2, -0.15) is 0 Å². The number of hydrogen-bond acceptors (Lipinski definition) is 2. The SMILES string of the molecule is CC(C)(CC1CCNCC1)CC1CCC[C@H](C(C)(C)C)[C@H]1N. The van der Waals surface area contributed by atoms with Gasteiger partial charge in [0, 0.05) is 6.04 Å². The third-order valence-electron chi connectivity index (χ3n) is 6.33. The van der Waals surface area contributed by atoms with Crippen molar-refractivity contribution in [3.05, 3.63) is 0 Å². The van der Waals surface area contributed by atoms with Crippen LogP contribution in [0.4, 0.5) is 0 Å². The molecule has 0 aromatic heterocycles. The van der Waals surface area contributed by atoms with Crippen LogP contribution >= 0.6 is 0 Å². The van der Waals surface area contributed by atoms with Crippen LogP contribution in [-0.2, 0) is 0 Å².